The number of benzene rings is 1. The topological polar surface area (TPSA) is 92.2 Å². The smallest absolute Gasteiger partial charge is 0.191 e. The van der Waals surface area contributed by atoms with Gasteiger partial charge in [-0.15, -0.1) is 24.0 Å². The maximum Gasteiger partial charge on any atom is 0.191 e. The number of aliphatic hydroxyl groups excluding tert-OH is 1. The van der Waals surface area contributed by atoms with Crippen molar-refractivity contribution in [3.05, 3.63) is 54.2 Å². The third kappa shape index (κ3) is 5.89. The lowest BCUT2D eigenvalue weighted by molar-refractivity contribution is 0.158. The predicted molar refractivity (Wildman–Crippen MR) is 124 cm³/mol. The van der Waals surface area contributed by atoms with Crippen LogP contribution in [-0.4, -0.2) is 30.8 Å². The number of ether oxygens (including phenoxy) is 1. The number of furan rings is 2. The van der Waals surface area contributed by atoms with E-state index in [1.54, 1.807) is 12.1 Å². The molecule has 0 saturated carbocycles. The highest BCUT2D eigenvalue weighted by atomic mass is 127. The second kappa shape index (κ2) is 11.1. The zero-order valence-electron chi connectivity index (χ0n) is 16.8. The lowest BCUT2D eigenvalue weighted by Gasteiger charge is -2.16. The summed E-state index contributed by atoms with van der Waals surface area (Å²) in [6, 6.07) is 11.2. The average molecular weight is 513 g/mol. The van der Waals surface area contributed by atoms with E-state index in [1.807, 2.05) is 45.0 Å². The molecule has 0 fully saturated rings. The second-order valence-corrected chi connectivity index (χ2v) is 6.37. The number of para-hydroxylation sites is 1. The Morgan fingerprint density at radius 1 is 1.21 bits per heavy atom. The molecule has 0 aliphatic carbocycles. The third-order valence-corrected chi connectivity index (χ3v) is 4.25. The molecule has 0 aliphatic heterocycles. The van der Waals surface area contributed by atoms with Gasteiger partial charge in [-0.2, -0.15) is 0 Å². The minimum atomic E-state index is -0.791. The van der Waals surface area contributed by atoms with Crippen LogP contribution in [0.3, 0.4) is 0 Å². The number of hydrogen-bond acceptors (Lipinski definition) is 5. The number of nitrogens with one attached hydrogen (secondary N) is 2. The van der Waals surface area contributed by atoms with E-state index in [2.05, 4.69) is 15.6 Å². The van der Waals surface area contributed by atoms with Gasteiger partial charge in [0, 0.05) is 11.9 Å². The first-order valence-corrected chi connectivity index (χ1v) is 9.54. The number of rotatable bonds is 8. The maximum atomic E-state index is 10.2. The molecule has 1 aromatic carbocycles. The van der Waals surface area contributed by atoms with Gasteiger partial charge in [0.25, 0.3) is 0 Å². The van der Waals surface area contributed by atoms with Gasteiger partial charge in [0.2, 0.25) is 0 Å². The number of guanidine groups is 1. The van der Waals surface area contributed by atoms with Crippen LogP contribution in [0.4, 0.5) is 0 Å². The molecule has 3 rings (SSSR count). The van der Waals surface area contributed by atoms with Crippen molar-refractivity contribution >= 4 is 40.9 Å². The van der Waals surface area contributed by atoms with Crippen LogP contribution < -0.4 is 15.4 Å². The fraction of sp³-hybridized carbons (Fsp3) is 0.381. The highest BCUT2D eigenvalue weighted by Crippen LogP contribution is 2.31. The summed E-state index contributed by atoms with van der Waals surface area (Å²) in [6.45, 7) is 7.39. The summed E-state index contributed by atoms with van der Waals surface area (Å²) >= 11 is 0. The van der Waals surface area contributed by atoms with Crippen molar-refractivity contribution < 1.29 is 18.7 Å². The summed E-state index contributed by atoms with van der Waals surface area (Å²) in [7, 11) is 0. The van der Waals surface area contributed by atoms with E-state index >= 15 is 0 Å². The highest BCUT2D eigenvalue weighted by molar-refractivity contribution is 14.0. The van der Waals surface area contributed by atoms with E-state index in [0.29, 0.717) is 24.9 Å². The molecule has 8 heteroatoms. The van der Waals surface area contributed by atoms with Crippen molar-refractivity contribution in [2.75, 3.05) is 19.7 Å². The van der Waals surface area contributed by atoms with Gasteiger partial charge in [-0.3, -0.25) is 4.99 Å². The van der Waals surface area contributed by atoms with Crippen molar-refractivity contribution in [1.82, 2.24) is 10.6 Å². The van der Waals surface area contributed by atoms with Gasteiger partial charge in [-0.25, -0.2) is 0 Å². The Hall–Kier alpha value is -2.20. The first kappa shape index (κ1) is 23.1. The largest absolute Gasteiger partial charge is 0.490 e. The Bertz CT molecular complexity index is 908. The summed E-state index contributed by atoms with van der Waals surface area (Å²) < 4.78 is 16.9. The molecule has 0 saturated heterocycles. The molecule has 2 unspecified atom stereocenters. The van der Waals surface area contributed by atoms with E-state index < -0.39 is 6.10 Å². The fourth-order valence-electron chi connectivity index (χ4n) is 2.88. The van der Waals surface area contributed by atoms with Crippen LogP contribution in [0.2, 0.25) is 0 Å². The predicted octanol–water partition coefficient (Wildman–Crippen LogP) is 4.39. The first-order chi connectivity index (χ1) is 13.6. The van der Waals surface area contributed by atoms with Gasteiger partial charge < -0.3 is 29.3 Å². The standard InChI is InChI=1S/C21H27N3O4.HI/c1-4-22-21(23-13-16(25)17-10-7-11-27-17)24-14(3)19-12-15-8-6-9-18(26-5-2)20(15)28-19;/h6-12,14,16,25H,4-5,13H2,1-3H3,(H2,22,23,24);1H. The van der Waals surface area contributed by atoms with Gasteiger partial charge in [-0.1, -0.05) is 12.1 Å². The Labute approximate surface area is 187 Å². The van der Waals surface area contributed by atoms with Crippen molar-refractivity contribution in [3.63, 3.8) is 0 Å². The van der Waals surface area contributed by atoms with E-state index in [-0.39, 0.29) is 36.6 Å². The molecule has 7 nitrogen and oxygen atoms in total. The molecule has 2 atom stereocenters. The van der Waals surface area contributed by atoms with Gasteiger partial charge >= 0.3 is 0 Å². The van der Waals surface area contributed by atoms with E-state index in [0.717, 1.165) is 22.5 Å². The average Bonchev–Trinajstić information content (AvgIpc) is 3.36. The van der Waals surface area contributed by atoms with E-state index in [1.165, 1.54) is 6.26 Å². The minimum absolute atomic E-state index is 0. The van der Waals surface area contributed by atoms with Gasteiger partial charge in [-0.05, 0) is 45.0 Å². The summed E-state index contributed by atoms with van der Waals surface area (Å²) in [6.07, 6.45) is 0.743. The van der Waals surface area contributed by atoms with Crippen LogP contribution in [-0.2, 0) is 0 Å². The summed E-state index contributed by atoms with van der Waals surface area (Å²) in [5, 5.41) is 17.6. The van der Waals surface area contributed by atoms with E-state index in [4.69, 9.17) is 13.6 Å². The lowest BCUT2D eigenvalue weighted by Crippen LogP contribution is -2.39. The van der Waals surface area contributed by atoms with Gasteiger partial charge in [0.15, 0.2) is 17.3 Å². The zero-order valence-corrected chi connectivity index (χ0v) is 19.2. The number of halogens is 1. The number of aliphatic imine (C=N–C) groups is 1. The fourth-order valence-corrected chi connectivity index (χ4v) is 2.88. The molecule has 2 aromatic heterocycles. The van der Waals surface area contributed by atoms with Crippen LogP contribution in [0.25, 0.3) is 11.0 Å². The third-order valence-electron chi connectivity index (χ3n) is 4.25. The quantitative estimate of drug-likeness (QED) is 0.235. The molecular weight excluding hydrogens is 485 g/mol. The normalized spacial score (nSPS) is 13.6. The van der Waals surface area contributed by atoms with Gasteiger partial charge in [0.1, 0.15) is 17.6 Å². The monoisotopic (exact) mass is 513 g/mol. The minimum Gasteiger partial charge on any atom is -0.490 e. The molecule has 3 aromatic rings. The SMILES string of the molecule is CCNC(=NCC(O)c1ccco1)NC(C)c1cc2cccc(OCC)c2o1.I. The molecule has 0 radical (unpaired) electrons. The Morgan fingerprint density at radius 3 is 2.72 bits per heavy atom. The molecular formula is C21H28IN3O4. The van der Waals surface area contributed by atoms with Crippen LogP contribution >= 0.6 is 24.0 Å². The highest BCUT2D eigenvalue weighted by Gasteiger charge is 2.16. The van der Waals surface area contributed by atoms with Crippen molar-refractivity contribution in [2.45, 2.75) is 32.9 Å². The molecule has 0 aliphatic rings. The van der Waals surface area contributed by atoms with Crippen LogP contribution in [0.15, 0.2) is 56.5 Å². The summed E-state index contributed by atoms with van der Waals surface area (Å²) in [5.74, 6) is 2.60. The molecule has 158 valence electrons. The Balaban J connectivity index is 0.00000300. The van der Waals surface area contributed by atoms with Crippen molar-refractivity contribution in [2.24, 2.45) is 4.99 Å². The lowest BCUT2D eigenvalue weighted by atomic mass is 10.2. The van der Waals surface area contributed by atoms with E-state index in [9.17, 15) is 5.11 Å². The molecule has 3 N–H and O–H groups in total. The van der Waals surface area contributed by atoms with Crippen LogP contribution in [0.5, 0.6) is 5.75 Å². The molecule has 0 spiro atoms. The van der Waals surface area contributed by atoms with Crippen molar-refractivity contribution in [3.8, 4) is 5.75 Å². The molecule has 29 heavy (non-hydrogen) atoms. The Kier molecular flexibility index (Phi) is 8.84. The Morgan fingerprint density at radius 2 is 2.03 bits per heavy atom. The number of nitrogens with zero attached hydrogens (tertiary/aromatic N) is 1. The molecule has 2 heterocycles. The maximum absolute atomic E-state index is 10.2. The summed E-state index contributed by atoms with van der Waals surface area (Å²) in [5.41, 5.74) is 0.739. The number of aliphatic hydroxyl groups is 1. The molecule has 0 amide bonds. The van der Waals surface area contributed by atoms with Crippen LogP contribution in [0.1, 0.15) is 44.4 Å². The summed E-state index contributed by atoms with van der Waals surface area (Å²) in [4.78, 5) is 4.45. The van der Waals surface area contributed by atoms with Gasteiger partial charge in [0.05, 0.1) is 25.5 Å². The molecule has 0 bridgehead atoms. The first-order valence-electron chi connectivity index (χ1n) is 9.54. The van der Waals surface area contributed by atoms with Crippen molar-refractivity contribution in [1.29, 1.82) is 0 Å². The van der Waals surface area contributed by atoms with Crippen LogP contribution in [0, 0.1) is 0 Å². The second-order valence-electron chi connectivity index (χ2n) is 6.37. The number of fused-ring (bicyclic) bond motifs is 1. The zero-order chi connectivity index (χ0) is 19.9. The number of hydrogen-bond donors (Lipinski definition) is 3.